The molecular weight excluding hydrogens is 218 g/mol. The molecule has 0 unspecified atom stereocenters. The Balaban J connectivity index is 2.86. The van der Waals surface area contributed by atoms with Gasteiger partial charge in [-0.25, -0.2) is 0 Å². The second-order valence-corrected chi connectivity index (χ2v) is 3.69. The van der Waals surface area contributed by atoms with E-state index < -0.39 is 5.91 Å². The van der Waals surface area contributed by atoms with E-state index in [0.29, 0.717) is 0 Å². The Labute approximate surface area is 100 Å². The molecule has 90 valence electrons. The summed E-state index contributed by atoms with van der Waals surface area (Å²) in [4.78, 5) is 24.2. The van der Waals surface area contributed by atoms with Crippen LogP contribution >= 0.6 is 0 Å². The highest BCUT2D eigenvalue weighted by Crippen LogP contribution is 2.04. The molecular formula is C12H15N3O2. The Morgan fingerprint density at radius 3 is 2.24 bits per heavy atom. The van der Waals surface area contributed by atoms with Gasteiger partial charge in [-0.3, -0.25) is 15.0 Å². The summed E-state index contributed by atoms with van der Waals surface area (Å²) in [5.41, 5.74) is 3.29. The molecule has 1 rings (SSSR count). The minimum atomic E-state index is -0.416. The standard InChI is InChI=1S/C12H15N3O2/c1-9(16)11(12(17)15(2)3)14-13-10-7-5-4-6-8-10/h4-8,13H,1-3H3/b14-11-. The number of benzene rings is 1. The molecule has 0 saturated heterocycles. The molecule has 0 aliphatic heterocycles. The lowest BCUT2D eigenvalue weighted by Crippen LogP contribution is -2.34. The largest absolute Gasteiger partial charge is 0.343 e. The second kappa shape index (κ2) is 5.79. The van der Waals surface area contributed by atoms with Crippen LogP contribution in [0, 0.1) is 0 Å². The highest BCUT2D eigenvalue weighted by molar-refractivity contribution is 6.65. The summed E-state index contributed by atoms with van der Waals surface area (Å²) >= 11 is 0. The van der Waals surface area contributed by atoms with Gasteiger partial charge in [-0.15, -0.1) is 0 Å². The molecule has 0 fully saturated rings. The van der Waals surface area contributed by atoms with E-state index in [2.05, 4.69) is 10.5 Å². The molecule has 0 atom stereocenters. The first-order chi connectivity index (χ1) is 8.02. The molecule has 0 saturated carbocycles. The van der Waals surface area contributed by atoms with E-state index in [1.807, 2.05) is 18.2 Å². The van der Waals surface area contributed by atoms with Crippen molar-refractivity contribution in [3.8, 4) is 0 Å². The predicted octanol–water partition coefficient (Wildman–Crippen LogP) is 1.13. The van der Waals surface area contributed by atoms with Crippen LogP contribution < -0.4 is 5.43 Å². The molecule has 5 nitrogen and oxygen atoms in total. The number of nitrogens with zero attached hydrogens (tertiary/aromatic N) is 2. The second-order valence-electron chi connectivity index (χ2n) is 3.69. The first-order valence-corrected chi connectivity index (χ1v) is 5.13. The van der Waals surface area contributed by atoms with Crippen LogP contribution in [-0.4, -0.2) is 36.4 Å². The average molecular weight is 233 g/mol. The molecule has 1 amide bonds. The number of carbonyl (C=O) groups is 2. The SMILES string of the molecule is CC(=O)/C(=N/Nc1ccccc1)C(=O)N(C)C. The van der Waals surface area contributed by atoms with Crippen LogP contribution in [0.3, 0.4) is 0 Å². The van der Waals surface area contributed by atoms with Gasteiger partial charge in [-0.05, 0) is 12.1 Å². The molecule has 1 aromatic carbocycles. The number of rotatable bonds is 4. The third kappa shape index (κ3) is 3.71. The number of anilines is 1. The number of nitrogens with one attached hydrogen (secondary N) is 1. The molecule has 17 heavy (non-hydrogen) atoms. The van der Waals surface area contributed by atoms with Gasteiger partial charge >= 0.3 is 0 Å². The summed E-state index contributed by atoms with van der Waals surface area (Å²) in [5, 5.41) is 3.84. The van der Waals surface area contributed by atoms with Gasteiger partial charge in [0.15, 0.2) is 11.5 Å². The van der Waals surface area contributed by atoms with Crippen molar-refractivity contribution < 1.29 is 9.59 Å². The van der Waals surface area contributed by atoms with E-state index in [1.165, 1.54) is 11.8 Å². The Hall–Kier alpha value is -2.17. The first kappa shape index (κ1) is 12.9. The third-order valence-corrected chi connectivity index (χ3v) is 2.01. The van der Waals surface area contributed by atoms with Crippen LogP contribution in [0.25, 0.3) is 0 Å². The van der Waals surface area contributed by atoms with Gasteiger partial charge in [0.25, 0.3) is 5.91 Å². The summed E-state index contributed by atoms with van der Waals surface area (Å²) in [6.45, 7) is 1.31. The quantitative estimate of drug-likeness (QED) is 0.482. The number of ketones is 1. The fraction of sp³-hybridized carbons (Fsp3) is 0.250. The van der Waals surface area contributed by atoms with Gasteiger partial charge in [0.1, 0.15) is 0 Å². The van der Waals surface area contributed by atoms with Crippen LogP contribution in [0.2, 0.25) is 0 Å². The summed E-state index contributed by atoms with van der Waals surface area (Å²) in [6, 6.07) is 9.12. The van der Waals surface area contributed by atoms with Crippen molar-refractivity contribution in [1.29, 1.82) is 0 Å². The molecule has 1 N–H and O–H groups in total. The van der Waals surface area contributed by atoms with Gasteiger partial charge < -0.3 is 4.90 Å². The highest BCUT2D eigenvalue weighted by Gasteiger charge is 2.18. The lowest BCUT2D eigenvalue weighted by molar-refractivity contribution is -0.123. The van der Waals surface area contributed by atoms with Crippen LogP contribution in [0.4, 0.5) is 5.69 Å². The zero-order valence-corrected chi connectivity index (χ0v) is 10.1. The highest BCUT2D eigenvalue weighted by atomic mass is 16.2. The normalized spacial score (nSPS) is 10.9. The molecule has 0 bridgehead atoms. The number of hydrogen-bond acceptors (Lipinski definition) is 4. The third-order valence-electron chi connectivity index (χ3n) is 2.01. The van der Waals surface area contributed by atoms with Crippen molar-refractivity contribution in [3.63, 3.8) is 0 Å². The van der Waals surface area contributed by atoms with Gasteiger partial charge in [-0.2, -0.15) is 5.10 Å². The number of hydrogen-bond donors (Lipinski definition) is 1. The van der Waals surface area contributed by atoms with E-state index >= 15 is 0 Å². The van der Waals surface area contributed by atoms with Crippen LogP contribution in [0.1, 0.15) is 6.92 Å². The fourth-order valence-corrected chi connectivity index (χ4v) is 1.12. The lowest BCUT2D eigenvalue weighted by atomic mass is 10.2. The Morgan fingerprint density at radius 2 is 1.76 bits per heavy atom. The van der Waals surface area contributed by atoms with E-state index in [1.54, 1.807) is 26.2 Å². The number of carbonyl (C=O) groups excluding carboxylic acids is 2. The maximum atomic E-state index is 11.6. The van der Waals surface area contributed by atoms with Crippen molar-refractivity contribution in [2.75, 3.05) is 19.5 Å². The molecule has 1 aromatic rings. The predicted molar refractivity (Wildman–Crippen MR) is 66.9 cm³/mol. The first-order valence-electron chi connectivity index (χ1n) is 5.13. The van der Waals surface area contributed by atoms with Crippen molar-refractivity contribution in [2.45, 2.75) is 6.92 Å². The molecule has 5 heteroatoms. The maximum absolute atomic E-state index is 11.6. The summed E-state index contributed by atoms with van der Waals surface area (Å²) in [6.07, 6.45) is 0. The van der Waals surface area contributed by atoms with E-state index in [4.69, 9.17) is 0 Å². The summed E-state index contributed by atoms with van der Waals surface area (Å²) in [5.74, 6) is -0.784. The van der Waals surface area contributed by atoms with E-state index in [9.17, 15) is 9.59 Å². The Morgan fingerprint density at radius 1 is 1.18 bits per heavy atom. The molecule has 0 aliphatic carbocycles. The maximum Gasteiger partial charge on any atom is 0.277 e. The number of Topliss-reactive ketones (excluding diaryl/α,β-unsaturated/α-hetero) is 1. The van der Waals surface area contributed by atoms with E-state index in [-0.39, 0.29) is 11.5 Å². The zero-order valence-electron chi connectivity index (χ0n) is 10.1. The fourth-order valence-electron chi connectivity index (χ4n) is 1.12. The molecule has 0 heterocycles. The average Bonchev–Trinajstić information content (AvgIpc) is 2.29. The Kier molecular flexibility index (Phi) is 4.39. The van der Waals surface area contributed by atoms with Gasteiger partial charge in [0, 0.05) is 21.0 Å². The minimum Gasteiger partial charge on any atom is -0.343 e. The van der Waals surface area contributed by atoms with Crippen molar-refractivity contribution >= 4 is 23.1 Å². The number of hydrazone groups is 1. The van der Waals surface area contributed by atoms with Gasteiger partial charge in [0.05, 0.1) is 5.69 Å². The monoisotopic (exact) mass is 233 g/mol. The smallest absolute Gasteiger partial charge is 0.277 e. The summed E-state index contributed by atoms with van der Waals surface area (Å²) < 4.78 is 0. The van der Waals surface area contributed by atoms with Crippen molar-refractivity contribution in [3.05, 3.63) is 30.3 Å². The molecule has 0 spiro atoms. The minimum absolute atomic E-state index is 0.112. The topological polar surface area (TPSA) is 61.8 Å². The number of amides is 1. The van der Waals surface area contributed by atoms with Crippen LogP contribution in [0.5, 0.6) is 0 Å². The lowest BCUT2D eigenvalue weighted by Gasteiger charge is -2.10. The van der Waals surface area contributed by atoms with E-state index in [0.717, 1.165) is 5.69 Å². The Bertz CT molecular complexity index is 438. The van der Waals surface area contributed by atoms with Crippen LogP contribution in [-0.2, 0) is 9.59 Å². The molecule has 0 aliphatic rings. The zero-order chi connectivity index (χ0) is 12.8. The van der Waals surface area contributed by atoms with Crippen molar-refractivity contribution in [2.24, 2.45) is 5.10 Å². The number of para-hydroxylation sites is 1. The summed E-state index contributed by atoms with van der Waals surface area (Å²) in [7, 11) is 3.15. The van der Waals surface area contributed by atoms with Crippen molar-refractivity contribution in [1.82, 2.24) is 4.90 Å². The molecule has 0 aromatic heterocycles. The molecule has 0 radical (unpaired) electrons. The van der Waals surface area contributed by atoms with Crippen LogP contribution in [0.15, 0.2) is 35.4 Å². The van der Waals surface area contributed by atoms with Gasteiger partial charge in [-0.1, -0.05) is 18.2 Å². The van der Waals surface area contributed by atoms with Gasteiger partial charge in [0.2, 0.25) is 0 Å².